The van der Waals surface area contributed by atoms with Crippen LogP contribution < -0.4 is 0 Å². The van der Waals surface area contributed by atoms with Crippen molar-refractivity contribution < 1.29 is 0 Å². The molecule has 1 heteroatoms. The number of halogens is 1. The van der Waals surface area contributed by atoms with Crippen LogP contribution in [0.15, 0.2) is 30.8 Å². The zero-order chi connectivity index (χ0) is 10.8. The van der Waals surface area contributed by atoms with Crippen LogP contribution in [0.4, 0.5) is 0 Å². The van der Waals surface area contributed by atoms with E-state index in [9.17, 15) is 0 Å². The average Bonchev–Trinajstić information content (AvgIpc) is 2.15. The summed E-state index contributed by atoms with van der Waals surface area (Å²) in [6.45, 7) is 10.5. The Kier molecular flexibility index (Phi) is 3.38. The van der Waals surface area contributed by atoms with Crippen molar-refractivity contribution in [2.45, 2.75) is 26.2 Å². The van der Waals surface area contributed by atoms with Crippen LogP contribution in [-0.2, 0) is 5.41 Å². The van der Waals surface area contributed by atoms with Gasteiger partial charge in [0, 0.05) is 5.88 Å². The molecule has 0 bridgehead atoms. The highest BCUT2D eigenvalue weighted by molar-refractivity contribution is 6.23. The second-order valence-corrected chi connectivity index (χ2v) is 4.83. The summed E-state index contributed by atoms with van der Waals surface area (Å²) in [6.07, 6.45) is 0. The first kappa shape index (κ1) is 11.3. The fraction of sp³-hybridized carbons (Fsp3) is 0.385. The molecule has 0 saturated carbocycles. The minimum atomic E-state index is 0.209. The summed E-state index contributed by atoms with van der Waals surface area (Å²) >= 11 is 5.72. The summed E-state index contributed by atoms with van der Waals surface area (Å²) in [6, 6.07) is 8.47. The molecule has 0 fully saturated rings. The maximum Gasteiger partial charge on any atom is 0.0474 e. The maximum absolute atomic E-state index is 5.72. The minimum absolute atomic E-state index is 0.209. The van der Waals surface area contributed by atoms with E-state index in [0.717, 1.165) is 11.1 Å². The molecule has 0 heterocycles. The van der Waals surface area contributed by atoms with Gasteiger partial charge >= 0.3 is 0 Å². The number of hydrogen-bond acceptors (Lipinski definition) is 0. The van der Waals surface area contributed by atoms with Gasteiger partial charge in [0.2, 0.25) is 0 Å². The van der Waals surface area contributed by atoms with Gasteiger partial charge < -0.3 is 0 Å². The highest BCUT2D eigenvalue weighted by atomic mass is 35.5. The average molecular weight is 209 g/mol. The molecule has 14 heavy (non-hydrogen) atoms. The van der Waals surface area contributed by atoms with Gasteiger partial charge in [0.25, 0.3) is 0 Å². The van der Waals surface area contributed by atoms with Gasteiger partial charge in [-0.15, -0.1) is 11.6 Å². The second-order valence-electron chi connectivity index (χ2n) is 4.56. The summed E-state index contributed by atoms with van der Waals surface area (Å²) in [4.78, 5) is 0. The molecular weight excluding hydrogens is 192 g/mol. The van der Waals surface area contributed by atoms with Crippen molar-refractivity contribution in [1.29, 1.82) is 0 Å². The van der Waals surface area contributed by atoms with Crippen LogP contribution in [0.5, 0.6) is 0 Å². The van der Waals surface area contributed by atoms with E-state index in [4.69, 9.17) is 11.6 Å². The third-order valence-electron chi connectivity index (χ3n) is 2.32. The normalized spacial score (nSPS) is 11.4. The summed E-state index contributed by atoms with van der Waals surface area (Å²) in [5.74, 6) is 0.495. The summed E-state index contributed by atoms with van der Waals surface area (Å²) in [7, 11) is 0. The molecule has 76 valence electrons. The zero-order valence-electron chi connectivity index (χ0n) is 9.10. The molecule has 0 aromatic heterocycles. The third-order valence-corrected chi connectivity index (χ3v) is 2.64. The molecule has 0 spiro atoms. The van der Waals surface area contributed by atoms with Crippen LogP contribution in [0.2, 0.25) is 0 Å². The van der Waals surface area contributed by atoms with Gasteiger partial charge in [0.05, 0.1) is 0 Å². The monoisotopic (exact) mass is 208 g/mol. The number of allylic oxidation sites excluding steroid dienone is 1. The second kappa shape index (κ2) is 4.18. The highest BCUT2D eigenvalue weighted by Crippen LogP contribution is 2.24. The molecule has 0 atom stereocenters. The Morgan fingerprint density at radius 3 is 2.07 bits per heavy atom. The molecule has 1 rings (SSSR count). The van der Waals surface area contributed by atoms with Crippen molar-refractivity contribution in [2.24, 2.45) is 0 Å². The van der Waals surface area contributed by atoms with Gasteiger partial charge in [0.15, 0.2) is 0 Å². The molecule has 0 unspecified atom stereocenters. The van der Waals surface area contributed by atoms with E-state index in [-0.39, 0.29) is 5.41 Å². The Hall–Kier alpha value is -0.750. The Labute approximate surface area is 91.6 Å². The molecule has 1 aromatic rings. The number of hydrogen-bond donors (Lipinski definition) is 0. The van der Waals surface area contributed by atoms with Crippen LogP contribution in [0.1, 0.15) is 31.9 Å². The van der Waals surface area contributed by atoms with E-state index in [0.29, 0.717) is 5.88 Å². The number of rotatable bonds is 2. The number of benzene rings is 1. The highest BCUT2D eigenvalue weighted by Gasteiger charge is 2.12. The lowest BCUT2D eigenvalue weighted by Crippen LogP contribution is -2.10. The van der Waals surface area contributed by atoms with E-state index >= 15 is 0 Å². The molecular formula is C13H17Cl. The van der Waals surface area contributed by atoms with Crippen LogP contribution >= 0.6 is 11.6 Å². The fourth-order valence-corrected chi connectivity index (χ4v) is 1.44. The van der Waals surface area contributed by atoms with Crippen LogP contribution in [0.3, 0.4) is 0 Å². The maximum atomic E-state index is 5.72. The lowest BCUT2D eigenvalue weighted by atomic mass is 9.86. The first-order valence-corrected chi connectivity index (χ1v) is 5.33. The Morgan fingerprint density at radius 1 is 1.21 bits per heavy atom. The van der Waals surface area contributed by atoms with Crippen molar-refractivity contribution in [2.75, 3.05) is 5.88 Å². The Balaban J connectivity index is 2.95. The molecule has 0 aliphatic heterocycles. The largest absolute Gasteiger partial charge is 0.122 e. The van der Waals surface area contributed by atoms with Crippen LogP contribution in [0.25, 0.3) is 5.57 Å². The molecule has 1 aromatic carbocycles. The Morgan fingerprint density at radius 2 is 1.71 bits per heavy atom. The quantitative estimate of drug-likeness (QED) is 0.638. The molecule has 0 aliphatic carbocycles. The minimum Gasteiger partial charge on any atom is -0.122 e. The standard InChI is InChI=1S/C13H17Cl/c1-10(9-14)11-5-7-12(8-6-11)13(2,3)4/h5-8H,1,9H2,2-4H3. The van der Waals surface area contributed by atoms with Gasteiger partial charge in [-0.2, -0.15) is 0 Å². The van der Waals surface area contributed by atoms with E-state index in [1.54, 1.807) is 0 Å². The molecule has 0 radical (unpaired) electrons. The predicted octanol–water partition coefficient (Wildman–Crippen LogP) is 4.24. The van der Waals surface area contributed by atoms with Crippen molar-refractivity contribution in [3.63, 3.8) is 0 Å². The van der Waals surface area contributed by atoms with Crippen LogP contribution in [0, 0.1) is 0 Å². The first-order chi connectivity index (χ1) is 6.45. The molecule has 0 nitrogen and oxygen atoms in total. The van der Waals surface area contributed by atoms with E-state index in [1.165, 1.54) is 5.56 Å². The lowest BCUT2D eigenvalue weighted by Gasteiger charge is -2.19. The predicted molar refractivity (Wildman–Crippen MR) is 64.9 cm³/mol. The topological polar surface area (TPSA) is 0 Å². The third kappa shape index (κ3) is 2.62. The SMILES string of the molecule is C=C(CCl)c1ccc(C(C)(C)C)cc1. The van der Waals surface area contributed by atoms with Crippen molar-refractivity contribution in [3.8, 4) is 0 Å². The van der Waals surface area contributed by atoms with Crippen molar-refractivity contribution >= 4 is 17.2 Å². The smallest absolute Gasteiger partial charge is 0.0474 e. The van der Waals surface area contributed by atoms with Gasteiger partial charge in [0.1, 0.15) is 0 Å². The van der Waals surface area contributed by atoms with Gasteiger partial charge in [-0.25, -0.2) is 0 Å². The molecule has 0 N–H and O–H groups in total. The van der Waals surface area contributed by atoms with E-state index in [2.05, 4.69) is 51.6 Å². The van der Waals surface area contributed by atoms with E-state index in [1.807, 2.05) is 0 Å². The lowest BCUT2D eigenvalue weighted by molar-refractivity contribution is 0.590. The molecule has 0 aliphatic rings. The fourth-order valence-electron chi connectivity index (χ4n) is 1.28. The van der Waals surface area contributed by atoms with E-state index < -0.39 is 0 Å². The summed E-state index contributed by atoms with van der Waals surface area (Å²) in [5, 5.41) is 0. The molecule has 0 amide bonds. The first-order valence-electron chi connectivity index (χ1n) is 4.80. The number of alkyl halides is 1. The van der Waals surface area contributed by atoms with Crippen molar-refractivity contribution in [3.05, 3.63) is 42.0 Å². The summed E-state index contributed by atoms with van der Waals surface area (Å²) < 4.78 is 0. The van der Waals surface area contributed by atoms with Gasteiger partial charge in [-0.1, -0.05) is 51.6 Å². The zero-order valence-corrected chi connectivity index (χ0v) is 9.86. The Bertz CT molecular complexity index is 314. The van der Waals surface area contributed by atoms with Crippen LogP contribution in [-0.4, -0.2) is 5.88 Å². The van der Waals surface area contributed by atoms with Gasteiger partial charge in [-0.05, 0) is 22.1 Å². The summed E-state index contributed by atoms with van der Waals surface area (Å²) in [5.41, 5.74) is 3.66. The molecule has 0 saturated heterocycles. The van der Waals surface area contributed by atoms with Gasteiger partial charge in [-0.3, -0.25) is 0 Å². The van der Waals surface area contributed by atoms with Crippen molar-refractivity contribution in [1.82, 2.24) is 0 Å².